The maximum Gasteiger partial charge on any atom is 0.297 e. The molecule has 0 amide bonds. The van der Waals surface area contributed by atoms with Crippen LogP contribution in [0.1, 0.15) is 5.76 Å². The van der Waals surface area contributed by atoms with Crippen LogP contribution < -0.4 is 9.04 Å². The van der Waals surface area contributed by atoms with Crippen molar-refractivity contribution in [1.82, 2.24) is 0 Å². The van der Waals surface area contributed by atoms with E-state index in [1.54, 1.807) is 24.3 Å². The van der Waals surface area contributed by atoms with Gasteiger partial charge < -0.3 is 14.3 Å². The number of methoxy groups -OCH3 is 1. The molecule has 0 saturated heterocycles. The summed E-state index contributed by atoms with van der Waals surface area (Å²) >= 11 is 0. The van der Waals surface area contributed by atoms with Crippen molar-refractivity contribution in [2.24, 2.45) is 0 Å². The Kier molecular flexibility index (Phi) is 4.01. The van der Waals surface area contributed by atoms with Gasteiger partial charge in [-0.1, -0.05) is 12.1 Å². The summed E-state index contributed by atoms with van der Waals surface area (Å²) in [7, 11) is -0.959. The van der Waals surface area contributed by atoms with Gasteiger partial charge in [0.25, 0.3) is 10.0 Å². The maximum atomic E-state index is 12.4. The van der Waals surface area contributed by atoms with Crippen LogP contribution in [0.3, 0.4) is 0 Å². The summed E-state index contributed by atoms with van der Waals surface area (Å²) in [6, 6.07) is 9.50. The lowest BCUT2D eigenvalue weighted by Gasteiger charge is -2.20. The molecule has 0 radical (unpaired) electrons. The quantitative estimate of drug-likeness (QED) is 0.907. The van der Waals surface area contributed by atoms with Gasteiger partial charge in [-0.25, -0.2) is 0 Å². The predicted octanol–water partition coefficient (Wildman–Crippen LogP) is 1.61. The standard InChI is InChI=1S/C13H15NO5S/c1-14(11-5-3-4-6-12(11)18-2)20(16,17)13-8-7-10(9-15)19-13/h3-8,15H,9H2,1-2H3. The molecule has 0 fully saturated rings. The van der Waals surface area contributed by atoms with Gasteiger partial charge in [-0.05, 0) is 24.3 Å². The summed E-state index contributed by atoms with van der Waals surface area (Å²) in [5.74, 6) is 0.629. The minimum Gasteiger partial charge on any atom is -0.495 e. The molecular weight excluding hydrogens is 282 g/mol. The first-order chi connectivity index (χ1) is 9.50. The van der Waals surface area contributed by atoms with Crippen molar-refractivity contribution >= 4 is 15.7 Å². The van der Waals surface area contributed by atoms with Gasteiger partial charge in [-0.3, -0.25) is 4.31 Å². The molecule has 7 heteroatoms. The number of anilines is 1. The van der Waals surface area contributed by atoms with E-state index in [1.807, 2.05) is 0 Å². The number of hydrogen-bond acceptors (Lipinski definition) is 5. The fourth-order valence-corrected chi connectivity index (χ4v) is 2.87. The Morgan fingerprint density at radius 2 is 1.95 bits per heavy atom. The molecule has 1 aromatic carbocycles. The second kappa shape index (κ2) is 5.56. The highest BCUT2D eigenvalue weighted by atomic mass is 32.2. The van der Waals surface area contributed by atoms with Crippen LogP contribution in [0, 0.1) is 0 Å². The number of furan rings is 1. The third-order valence-electron chi connectivity index (χ3n) is 2.83. The molecule has 1 N–H and O–H groups in total. The lowest BCUT2D eigenvalue weighted by molar-refractivity contribution is 0.236. The van der Waals surface area contributed by atoms with Crippen LogP contribution in [-0.2, 0) is 16.6 Å². The molecule has 0 saturated carbocycles. The van der Waals surface area contributed by atoms with E-state index in [1.165, 1.54) is 26.3 Å². The van der Waals surface area contributed by atoms with Crippen molar-refractivity contribution in [2.45, 2.75) is 11.7 Å². The Labute approximate surface area is 117 Å². The topological polar surface area (TPSA) is 80.0 Å². The number of nitrogens with zero attached hydrogens (tertiary/aromatic N) is 1. The zero-order valence-corrected chi connectivity index (χ0v) is 11.9. The first kappa shape index (κ1) is 14.4. The lowest BCUT2D eigenvalue weighted by atomic mass is 10.3. The second-order valence-electron chi connectivity index (χ2n) is 4.02. The van der Waals surface area contributed by atoms with Crippen LogP contribution in [-0.4, -0.2) is 27.7 Å². The molecule has 1 heterocycles. The molecule has 0 aliphatic rings. The molecule has 20 heavy (non-hydrogen) atoms. The average Bonchev–Trinajstić information content (AvgIpc) is 2.96. The molecule has 0 unspecified atom stereocenters. The van der Waals surface area contributed by atoms with Crippen molar-refractivity contribution in [1.29, 1.82) is 0 Å². The smallest absolute Gasteiger partial charge is 0.297 e. The summed E-state index contributed by atoms with van der Waals surface area (Å²) < 4.78 is 36.2. The third-order valence-corrected chi connectivity index (χ3v) is 4.48. The number of ether oxygens (including phenoxy) is 1. The molecule has 2 rings (SSSR count). The molecule has 108 valence electrons. The zero-order valence-electron chi connectivity index (χ0n) is 11.1. The third kappa shape index (κ3) is 2.50. The van der Waals surface area contributed by atoms with E-state index in [9.17, 15) is 8.42 Å². The summed E-state index contributed by atoms with van der Waals surface area (Å²) in [6.45, 7) is -0.353. The minimum atomic E-state index is -3.84. The first-order valence-corrected chi connectivity index (χ1v) is 7.26. The van der Waals surface area contributed by atoms with Crippen LogP contribution in [0.5, 0.6) is 5.75 Å². The molecule has 0 aliphatic carbocycles. The Balaban J connectivity index is 2.43. The molecule has 0 aliphatic heterocycles. The number of rotatable bonds is 5. The van der Waals surface area contributed by atoms with E-state index < -0.39 is 10.0 Å². The minimum absolute atomic E-state index is 0.192. The van der Waals surface area contributed by atoms with Crippen molar-refractivity contribution in [3.8, 4) is 5.75 Å². The number of hydrogen-bond donors (Lipinski definition) is 1. The van der Waals surface area contributed by atoms with Crippen LogP contribution in [0.2, 0.25) is 0 Å². The fourth-order valence-electron chi connectivity index (χ4n) is 1.74. The highest BCUT2D eigenvalue weighted by Crippen LogP contribution is 2.31. The summed E-state index contributed by atoms with van der Waals surface area (Å²) in [5.41, 5.74) is 0.400. The van der Waals surface area contributed by atoms with Crippen molar-refractivity contribution in [2.75, 3.05) is 18.5 Å². The summed E-state index contributed by atoms with van der Waals surface area (Å²) in [6.07, 6.45) is 0. The molecule has 0 bridgehead atoms. The summed E-state index contributed by atoms with van der Waals surface area (Å²) in [5, 5.41) is 8.71. The van der Waals surface area contributed by atoms with E-state index in [-0.39, 0.29) is 17.5 Å². The van der Waals surface area contributed by atoms with E-state index >= 15 is 0 Å². The van der Waals surface area contributed by atoms with Gasteiger partial charge in [0.1, 0.15) is 18.1 Å². The van der Waals surface area contributed by atoms with Gasteiger partial charge in [0.15, 0.2) is 0 Å². The van der Waals surface area contributed by atoms with Crippen molar-refractivity contribution in [3.05, 3.63) is 42.2 Å². The van der Waals surface area contributed by atoms with Gasteiger partial charge in [0.2, 0.25) is 5.09 Å². The van der Waals surface area contributed by atoms with Gasteiger partial charge >= 0.3 is 0 Å². The van der Waals surface area contributed by atoms with Gasteiger partial charge in [-0.15, -0.1) is 0 Å². The zero-order chi connectivity index (χ0) is 14.8. The average molecular weight is 297 g/mol. The van der Waals surface area contributed by atoms with Crippen LogP contribution in [0.15, 0.2) is 45.9 Å². The Morgan fingerprint density at radius 1 is 1.25 bits per heavy atom. The number of aliphatic hydroxyl groups is 1. The Hall–Kier alpha value is -1.99. The number of benzene rings is 1. The molecule has 0 spiro atoms. The Bertz CT molecular complexity index is 692. The number of sulfonamides is 1. The molecule has 0 atom stereocenters. The van der Waals surface area contributed by atoms with E-state index in [2.05, 4.69) is 0 Å². The molecule has 2 aromatic rings. The SMILES string of the molecule is COc1ccccc1N(C)S(=O)(=O)c1ccc(CO)o1. The molecule has 6 nitrogen and oxygen atoms in total. The van der Waals surface area contributed by atoms with E-state index in [0.717, 1.165) is 4.31 Å². The predicted molar refractivity (Wildman–Crippen MR) is 73.2 cm³/mol. The van der Waals surface area contributed by atoms with Crippen molar-refractivity contribution < 1.29 is 22.7 Å². The monoisotopic (exact) mass is 297 g/mol. The molecular formula is C13H15NO5S. The maximum absolute atomic E-state index is 12.4. The highest BCUT2D eigenvalue weighted by Gasteiger charge is 2.26. The van der Waals surface area contributed by atoms with E-state index in [4.69, 9.17) is 14.3 Å². The van der Waals surface area contributed by atoms with Gasteiger partial charge in [-0.2, -0.15) is 8.42 Å². The normalized spacial score (nSPS) is 11.3. The van der Waals surface area contributed by atoms with Gasteiger partial charge in [0, 0.05) is 7.05 Å². The second-order valence-corrected chi connectivity index (χ2v) is 5.92. The van der Waals surface area contributed by atoms with Crippen LogP contribution in [0.25, 0.3) is 0 Å². The summed E-state index contributed by atoms with van der Waals surface area (Å²) in [4.78, 5) is 0. The highest BCUT2D eigenvalue weighted by molar-refractivity contribution is 7.92. The van der Waals surface area contributed by atoms with Crippen molar-refractivity contribution in [3.63, 3.8) is 0 Å². The van der Waals surface area contributed by atoms with Crippen LogP contribution >= 0.6 is 0 Å². The number of para-hydroxylation sites is 2. The largest absolute Gasteiger partial charge is 0.495 e. The first-order valence-electron chi connectivity index (χ1n) is 5.82. The number of aliphatic hydroxyl groups excluding tert-OH is 1. The van der Waals surface area contributed by atoms with Gasteiger partial charge in [0.05, 0.1) is 12.8 Å². The van der Waals surface area contributed by atoms with E-state index in [0.29, 0.717) is 11.4 Å². The molecule has 1 aromatic heterocycles. The van der Waals surface area contributed by atoms with Crippen LogP contribution in [0.4, 0.5) is 5.69 Å². The fraction of sp³-hybridized carbons (Fsp3) is 0.231. The Morgan fingerprint density at radius 3 is 2.55 bits per heavy atom. The lowest BCUT2D eigenvalue weighted by Crippen LogP contribution is -2.26.